The van der Waals surface area contributed by atoms with Crippen LogP contribution >= 0.6 is 0 Å². The molecule has 23 heavy (non-hydrogen) atoms. The maximum atomic E-state index is 12.3. The molecular weight excluding hydrogens is 288 g/mol. The first kappa shape index (κ1) is 16.0. The third-order valence-corrected chi connectivity index (χ3v) is 4.83. The van der Waals surface area contributed by atoms with Crippen LogP contribution in [-0.4, -0.2) is 23.0 Å². The van der Waals surface area contributed by atoms with Crippen LogP contribution in [0.3, 0.4) is 0 Å². The standard InChI is InChI=1S/C19H26N2O2/c1-14-7-12-18(20-13-14)23-17-10-8-16(9-11-17)21-19(22)15-5-3-2-4-6-15/h2-3,7,12-13,15-17H,4-6,8-11H2,1H3,(H,21,22). The maximum Gasteiger partial charge on any atom is 0.223 e. The molecule has 4 nitrogen and oxygen atoms in total. The first-order chi connectivity index (χ1) is 11.2. The molecule has 0 aromatic carbocycles. The number of carbonyl (C=O) groups excluding carboxylic acids is 1. The van der Waals surface area contributed by atoms with Gasteiger partial charge in [-0.15, -0.1) is 0 Å². The fraction of sp³-hybridized carbons (Fsp3) is 0.579. The third kappa shape index (κ3) is 4.57. The molecule has 1 aromatic heterocycles. The van der Waals surface area contributed by atoms with Crippen molar-refractivity contribution in [2.45, 2.75) is 64.0 Å². The number of allylic oxidation sites excluding steroid dienone is 2. The van der Waals surface area contributed by atoms with E-state index in [0.29, 0.717) is 11.9 Å². The number of nitrogens with one attached hydrogen (secondary N) is 1. The lowest BCUT2D eigenvalue weighted by molar-refractivity contribution is -0.126. The summed E-state index contributed by atoms with van der Waals surface area (Å²) < 4.78 is 5.95. The second-order valence-electron chi connectivity index (χ2n) is 6.76. The fourth-order valence-electron chi connectivity index (χ4n) is 3.37. The number of aryl methyl sites for hydroxylation is 1. The quantitative estimate of drug-likeness (QED) is 0.865. The van der Waals surface area contributed by atoms with Crippen molar-refractivity contribution in [3.63, 3.8) is 0 Å². The molecule has 1 N–H and O–H groups in total. The average molecular weight is 314 g/mol. The molecule has 1 fully saturated rings. The monoisotopic (exact) mass is 314 g/mol. The van der Waals surface area contributed by atoms with Crippen molar-refractivity contribution in [1.29, 1.82) is 0 Å². The van der Waals surface area contributed by atoms with Gasteiger partial charge in [-0.1, -0.05) is 18.2 Å². The summed E-state index contributed by atoms with van der Waals surface area (Å²) in [6.07, 6.45) is 13.2. The number of ether oxygens (including phenoxy) is 1. The summed E-state index contributed by atoms with van der Waals surface area (Å²) in [5, 5.41) is 3.24. The van der Waals surface area contributed by atoms with Crippen LogP contribution in [0.15, 0.2) is 30.5 Å². The molecule has 0 saturated heterocycles. The average Bonchev–Trinajstić information content (AvgIpc) is 2.59. The highest BCUT2D eigenvalue weighted by Crippen LogP contribution is 2.24. The molecule has 1 heterocycles. The predicted molar refractivity (Wildman–Crippen MR) is 90.3 cm³/mol. The van der Waals surface area contributed by atoms with Crippen LogP contribution in [0.25, 0.3) is 0 Å². The Morgan fingerprint density at radius 1 is 1.17 bits per heavy atom. The number of hydrogen-bond donors (Lipinski definition) is 1. The lowest BCUT2D eigenvalue weighted by atomic mass is 9.90. The van der Waals surface area contributed by atoms with Gasteiger partial charge in [-0.05, 0) is 57.4 Å². The largest absolute Gasteiger partial charge is 0.474 e. The minimum atomic E-state index is 0.172. The van der Waals surface area contributed by atoms with Gasteiger partial charge in [-0.2, -0.15) is 0 Å². The molecule has 3 rings (SSSR count). The van der Waals surface area contributed by atoms with Gasteiger partial charge >= 0.3 is 0 Å². The van der Waals surface area contributed by atoms with E-state index in [4.69, 9.17) is 4.74 Å². The van der Waals surface area contributed by atoms with E-state index in [1.54, 1.807) is 0 Å². The zero-order valence-electron chi connectivity index (χ0n) is 13.8. The van der Waals surface area contributed by atoms with Crippen molar-refractivity contribution >= 4 is 5.91 Å². The smallest absolute Gasteiger partial charge is 0.223 e. The van der Waals surface area contributed by atoms with E-state index in [2.05, 4.69) is 22.5 Å². The maximum absolute atomic E-state index is 12.3. The van der Waals surface area contributed by atoms with Gasteiger partial charge in [0, 0.05) is 24.2 Å². The lowest BCUT2D eigenvalue weighted by Gasteiger charge is -2.30. The first-order valence-electron chi connectivity index (χ1n) is 8.75. The number of hydrogen-bond acceptors (Lipinski definition) is 3. The Hall–Kier alpha value is -1.84. The van der Waals surface area contributed by atoms with E-state index in [1.165, 1.54) is 0 Å². The number of rotatable bonds is 4. The topological polar surface area (TPSA) is 51.2 Å². The van der Waals surface area contributed by atoms with E-state index >= 15 is 0 Å². The Morgan fingerprint density at radius 2 is 2.00 bits per heavy atom. The molecule has 124 valence electrons. The van der Waals surface area contributed by atoms with Gasteiger partial charge in [-0.25, -0.2) is 4.98 Å². The number of aromatic nitrogens is 1. The van der Waals surface area contributed by atoms with Gasteiger partial charge in [0.2, 0.25) is 11.8 Å². The highest BCUT2D eigenvalue weighted by atomic mass is 16.5. The second kappa shape index (κ2) is 7.62. The van der Waals surface area contributed by atoms with E-state index in [9.17, 15) is 4.79 Å². The number of amides is 1. The molecule has 2 aliphatic carbocycles. The van der Waals surface area contributed by atoms with Crippen LogP contribution in [0.4, 0.5) is 0 Å². The molecule has 0 bridgehead atoms. The summed E-state index contributed by atoms with van der Waals surface area (Å²) in [6.45, 7) is 2.02. The molecule has 1 saturated carbocycles. The molecule has 1 aromatic rings. The van der Waals surface area contributed by atoms with Crippen LogP contribution < -0.4 is 10.1 Å². The first-order valence-corrected chi connectivity index (χ1v) is 8.75. The Morgan fingerprint density at radius 3 is 2.65 bits per heavy atom. The third-order valence-electron chi connectivity index (χ3n) is 4.83. The van der Waals surface area contributed by atoms with Crippen molar-refractivity contribution in [2.75, 3.05) is 0 Å². The number of nitrogens with zero attached hydrogens (tertiary/aromatic N) is 1. The molecule has 1 amide bonds. The summed E-state index contributed by atoms with van der Waals surface area (Å²) in [5.74, 6) is 1.11. The molecule has 0 radical (unpaired) electrons. The van der Waals surface area contributed by atoms with Crippen molar-refractivity contribution in [3.8, 4) is 5.88 Å². The van der Waals surface area contributed by atoms with E-state index in [-0.39, 0.29) is 17.9 Å². The minimum absolute atomic E-state index is 0.172. The van der Waals surface area contributed by atoms with Crippen LogP contribution in [0.2, 0.25) is 0 Å². The Labute approximate surface area is 138 Å². The SMILES string of the molecule is Cc1ccc(OC2CCC(NC(=O)C3CC=CCC3)CC2)nc1. The van der Waals surface area contributed by atoms with Gasteiger partial charge < -0.3 is 10.1 Å². The summed E-state index contributed by atoms with van der Waals surface area (Å²) in [7, 11) is 0. The Balaban J connectivity index is 1.42. The van der Waals surface area contributed by atoms with Crippen LogP contribution in [-0.2, 0) is 4.79 Å². The second-order valence-corrected chi connectivity index (χ2v) is 6.76. The fourth-order valence-corrected chi connectivity index (χ4v) is 3.37. The normalized spacial score (nSPS) is 27.4. The summed E-state index contributed by atoms with van der Waals surface area (Å²) >= 11 is 0. The summed E-state index contributed by atoms with van der Waals surface area (Å²) in [5.41, 5.74) is 1.14. The van der Waals surface area contributed by atoms with E-state index in [1.807, 2.05) is 25.3 Å². The van der Waals surface area contributed by atoms with Gasteiger partial charge in [0.05, 0.1) is 0 Å². The molecule has 4 heteroatoms. The van der Waals surface area contributed by atoms with Gasteiger partial charge in [-0.3, -0.25) is 4.79 Å². The highest BCUT2D eigenvalue weighted by molar-refractivity contribution is 5.79. The zero-order valence-corrected chi connectivity index (χ0v) is 13.8. The lowest BCUT2D eigenvalue weighted by Crippen LogP contribution is -2.42. The Kier molecular flexibility index (Phi) is 5.31. The predicted octanol–water partition coefficient (Wildman–Crippen LogP) is 3.55. The van der Waals surface area contributed by atoms with Gasteiger partial charge in [0.25, 0.3) is 0 Å². The molecule has 2 aliphatic rings. The van der Waals surface area contributed by atoms with Gasteiger partial charge in [0.1, 0.15) is 6.10 Å². The zero-order chi connectivity index (χ0) is 16.1. The van der Waals surface area contributed by atoms with E-state index in [0.717, 1.165) is 50.5 Å². The van der Waals surface area contributed by atoms with Crippen molar-refractivity contribution in [3.05, 3.63) is 36.0 Å². The minimum Gasteiger partial charge on any atom is -0.474 e. The molecule has 0 spiro atoms. The van der Waals surface area contributed by atoms with Crippen LogP contribution in [0.5, 0.6) is 5.88 Å². The van der Waals surface area contributed by atoms with Crippen molar-refractivity contribution in [2.24, 2.45) is 5.92 Å². The molecule has 0 aliphatic heterocycles. The number of carbonyl (C=O) groups is 1. The Bertz CT molecular complexity index is 545. The van der Waals surface area contributed by atoms with E-state index < -0.39 is 0 Å². The molecular formula is C19H26N2O2. The van der Waals surface area contributed by atoms with Gasteiger partial charge in [0.15, 0.2) is 0 Å². The number of pyridine rings is 1. The molecule has 1 unspecified atom stereocenters. The van der Waals surface area contributed by atoms with Crippen molar-refractivity contribution in [1.82, 2.24) is 10.3 Å². The summed E-state index contributed by atoms with van der Waals surface area (Å²) in [6, 6.07) is 4.26. The summed E-state index contributed by atoms with van der Waals surface area (Å²) in [4.78, 5) is 16.6. The molecule has 1 atom stereocenters. The van der Waals surface area contributed by atoms with Crippen LogP contribution in [0, 0.1) is 12.8 Å². The van der Waals surface area contributed by atoms with Crippen LogP contribution in [0.1, 0.15) is 50.5 Å². The van der Waals surface area contributed by atoms with Crippen molar-refractivity contribution < 1.29 is 9.53 Å². The highest BCUT2D eigenvalue weighted by Gasteiger charge is 2.26.